The summed E-state index contributed by atoms with van der Waals surface area (Å²) in [5.41, 5.74) is 1.06. The number of hydrogen-bond donors (Lipinski definition) is 2. The molecule has 0 unspecified atom stereocenters. The van der Waals surface area contributed by atoms with E-state index in [0.717, 1.165) is 38.1 Å². The van der Waals surface area contributed by atoms with Crippen LogP contribution in [0.2, 0.25) is 0 Å². The summed E-state index contributed by atoms with van der Waals surface area (Å²) in [5.74, 6) is 0.474. The fraction of sp³-hybridized carbons (Fsp3) is 0.304. The smallest absolute Gasteiger partial charge is 0.263 e. The predicted molar refractivity (Wildman–Crippen MR) is 124 cm³/mol. The maximum absolute atomic E-state index is 14.7. The molecule has 176 valence electrons. The van der Waals surface area contributed by atoms with Crippen LogP contribution >= 0.6 is 0 Å². The number of fused-ring (bicyclic) bond motifs is 2. The number of carbonyl (C=O) groups is 1. The van der Waals surface area contributed by atoms with Crippen LogP contribution in [0.4, 0.5) is 10.1 Å². The van der Waals surface area contributed by atoms with Gasteiger partial charge in [0.05, 0.1) is 10.5 Å². The van der Waals surface area contributed by atoms with E-state index < -0.39 is 27.8 Å². The monoisotopic (exact) mass is 482 g/mol. The molecule has 0 fully saturated rings. The molecule has 0 saturated carbocycles. The standard InChI is InChI=1S/C23H23FN6O3S/c1-14(25-21-16-7-4-5-8-19(16)34(32,33)29-21)23(31)26-15-10-11-18(24)17(13-15)22-28-27-20-9-3-2-6-12-30(20)22/h4-5,7-8,10-11,13-14H,2-3,6,9,12H2,1H3,(H,25,29)(H,26,31)/t14-/m0/s1. The Labute approximate surface area is 196 Å². The lowest BCUT2D eigenvalue weighted by molar-refractivity contribution is -0.117. The third-order valence-electron chi connectivity index (χ3n) is 5.95. The van der Waals surface area contributed by atoms with Crippen LogP contribution in [0.1, 0.15) is 37.6 Å². The molecule has 1 aromatic heterocycles. The first kappa shape index (κ1) is 22.2. The highest BCUT2D eigenvalue weighted by atomic mass is 32.2. The average Bonchev–Trinajstić information content (AvgIpc) is 3.22. The molecular formula is C23H23FN6O3S. The Kier molecular flexibility index (Phi) is 5.64. The van der Waals surface area contributed by atoms with Crippen molar-refractivity contribution in [1.29, 1.82) is 0 Å². The van der Waals surface area contributed by atoms with Gasteiger partial charge in [0.2, 0.25) is 5.91 Å². The number of carbonyl (C=O) groups excluding carboxylic acids is 1. The van der Waals surface area contributed by atoms with Gasteiger partial charge < -0.3 is 9.88 Å². The minimum atomic E-state index is -3.70. The second-order valence-corrected chi connectivity index (χ2v) is 9.99. The number of amides is 1. The van der Waals surface area contributed by atoms with E-state index in [1.807, 2.05) is 4.57 Å². The van der Waals surface area contributed by atoms with E-state index in [4.69, 9.17) is 0 Å². The summed E-state index contributed by atoms with van der Waals surface area (Å²) < 4.78 is 43.6. The molecule has 2 N–H and O–H groups in total. The van der Waals surface area contributed by atoms with Crippen LogP contribution < -0.4 is 10.0 Å². The first-order chi connectivity index (χ1) is 16.3. The van der Waals surface area contributed by atoms with Crippen molar-refractivity contribution in [3.05, 3.63) is 59.7 Å². The minimum Gasteiger partial charge on any atom is -0.324 e. The number of hydrogen-bond acceptors (Lipinski definition) is 6. The number of aliphatic imine (C=N–C) groups is 1. The van der Waals surface area contributed by atoms with Crippen molar-refractivity contribution in [2.45, 2.75) is 50.1 Å². The van der Waals surface area contributed by atoms with Gasteiger partial charge in [0, 0.05) is 24.2 Å². The van der Waals surface area contributed by atoms with E-state index in [2.05, 4.69) is 25.2 Å². The molecule has 3 aromatic rings. The first-order valence-electron chi connectivity index (χ1n) is 11.1. The molecule has 0 bridgehead atoms. The predicted octanol–water partition coefficient (Wildman–Crippen LogP) is 2.88. The van der Waals surface area contributed by atoms with Crippen molar-refractivity contribution in [3.63, 3.8) is 0 Å². The quantitative estimate of drug-likeness (QED) is 0.593. The van der Waals surface area contributed by atoms with Crippen LogP contribution in [-0.4, -0.2) is 41.0 Å². The summed E-state index contributed by atoms with van der Waals surface area (Å²) in [6, 6.07) is 9.81. The Bertz CT molecular complexity index is 1420. The summed E-state index contributed by atoms with van der Waals surface area (Å²) in [7, 11) is -3.70. The van der Waals surface area contributed by atoms with Crippen molar-refractivity contribution >= 4 is 27.5 Å². The Hall–Kier alpha value is -3.60. The lowest BCUT2D eigenvalue weighted by atomic mass is 10.1. The summed E-state index contributed by atoms with van der Waals surface area (Å²) in [4.78, 5) is 17.2. The number of halogens is 1. The van der Waals surface area contributed by atoms with Crippen LogP contribution in [0.25, 0.3) is 11.4 Å². The molecular weight excluding hydrogens is 459 g/mol. The molecule has 2 aliphatic rings. The van der Waals surface area contributed by atoms with Gasteiger partial charge in [0.1, 0.15) is 23.5 Å². The number of nitrogens with zero attached hydrogens (tertiary/aromatic N) is 4. The molecule has 0 spiro atoms. The van der Waals surface area contributed by atoms with Crippen molar-refractivity contribution in [2.24, 2.45) is 4.99 Å². The number of nitrogens with one attached hydrogen (secondary N) is 2. The fourth-order valence-electron chi connectivity index (χ4n) is 4.19. The Morgan fingerprint density at radius 3 is 2.82 bits per heavy atom. The highest BCUT2D eigenvalue weighted by Gasteiger charge is 2.31. The van der Waals surface area contributed by atoms with Crippen LogP contribution in [0.5, 0.6) is 0 Å². The molecule has 5 rings (SSSR count). The molecule has 0 aliphatic carbocycles. The second kappa shape index (κ2) is 8.64. The second-order valence-electron chi connectivity index (χ2n) is 8.34. The number of amidine groups is 1. The molecule has 34 heavy (non-hydrogen) atoms. The van der Waals surface area contributed by atoms with Crippen molar-refractivity contribution in [1.82, 2.24) is 19.5 Å². The molecule has 11 heteroatoms. The van der Waals surface area contributed by atoms with Gasteiger partial charge in [-0.2, -0.15) is 0 Å². The van der Waals surface area contributed by atoms with E-state index in [-0.39, 0.29) is 16.3 Å². The molecule has 2 aromatic carbocycles. The molecule has 1 amide bonds. The zero-order chi connectivity index (χ0) is 23.9. The average molecular weight is 483 g/mol. The number of sulfonamides is 1. The van der Waals surface area contributed by atoms with E-state index in [1.54, 1.807) is 25.1 Å². The van der Waals surface area contributed by atoms with Gasteiger partial charge in [-0.05, 0) is 50.1 Å². The number of rotatable bonds is 4. The first-order valence-corrected chi connectivity index (χ1v) is 12.5. The van der Waals surface area contributed by atoms with Crippen LogP contribution in [0, 0.1) is 5.82 Å². The summed E-state index contributed by atoms with van der Waals surface area (Å²) >= 11 is 0. The Morgan fingerprint density at radius 2 is 1.97 bits per heavy atom. The zero-order valence-corrected chi connectivity index (χ0v) is 19.3. The Balaban J connectivity index is 1.38. The molecule has 2 aliphatic heterocycles. The highest BCUT2D eigenvalue weighted by molar-refractivity contribution is 7.90. The number of anilines is 1. The summed E-state index contributed by atoms with van der Waals surface area (Å²) in [5, 5.41) is 11.2. The minimum absolute atomic E-state index is 0.115. The number of aryl methyl sites for hydroxylation is 1. The van der Waals surface area contributed by atoms with E-state index in [9.17, 15) is 17.6 Å². The molecule has 0 radical (unpaired) electrons. The number of benzene rings is 2. The Morgan fingerprint density at radius 1 is 1.15 bits per heavy atom. The normalized spacial score (nSPS) is 18.5. The lowest BCUT2D eigenvalue weighted by Gasteiger charge is -2.12. The van der Waals surface area contributed by atoms with E-state index in [1.165, 1.54) is 24.3 Å². The van der Waals surface area contributed by atoms with Gasteiger partial charge in [-0.25, -0.2) is 12.8 Å². The largest absolute Gasteiger partial charge is 0.324 e. The van der Waals surface area contributed by atoms with Crippen LogP contribution in [0.3, 0.4) is 0 Å². The van der Waals surface area contributed by atoms with Gasteiger partial charge in [-0.3, -0.25) is 14.5 Å². The van der Waals surface area contributed by atoms with Gasteiger partial charge in [0.15, 0.2) is 5.82 Å². The van der Waals surface area contributed by atoms with Gasteiger partial charge in [0.25, 0.3) is 10.0 Å². The van der Waals surface area contributed by atoms with Crippen molar-refractivity contribution < 1.29 is 17.6 Å². The fourth-order valence-corrected chi connectivity index (χ4v) is 5.43. The summed E-state index contributed by atoms with van der Waals surface area (Å²) in [6.45, 7) is 2.28. The SMILES string of the molecule is C[C@H](N=C1NS(=O)(=O)c2ccccc21)C(=O)Nc1ccc(F)c(-c2nnc3n2CCCCC3)c1. The zero-order valence-electron chi connectivity index (χ0n) is 18.5. The van der Waals surface area contributed by atoms with Crippen molar-refractivity contribution in [3.8, 4) is 11.4 Å². The summed E-state index contributed by atoms with van der Waals surface area (Å²) in [6.07, 6.45) is 3.89. The molecule has 1 atom stereocenters. The highest BCUT2D eigenvalue weighted by Crippen LogP contribution is 2.28. The van der Waals surface area contributed by atoms with Gasteiger partial charge in [-0.1, -0.05) is 18.6 Å². The van der Waals surface area contributed by atoms with Gasteiger partial charge >= 0.3 is 0 Å². The molecule has 0 saturated heterocycles. The molecule has 9 nitrogen and oxygen atoms in total. The van der Waals surface area contributed by atoms with Crippen LogP contribution in [-0.2, 0) is 27.8 Å². The third-order valence-corrected chi connectivity index (χ3v) is 7.35. The topological polar surface area (TPSA) is 118 Å². The maximum atomic E-state index is 14.7. The van der Waals surface area contributed by atoms with Gasteiger partial charge in [-0.15, -0.1) is 10.2 Å². The molecule has 3 heterocycles. The van der Waals surface area contributed by atoms with E-state index in [0.29, 0.717) is 17.1 Å². The third kappa shape index (κ3) is 4.07. The van der Waals surface area contributed by atoms with E-state index >= 15 is 0 Å². The maximum Gasteiger partial charge on any atom is 0.263 e. The van der Waals surface area contributed by atoms with Crippen molar-refractivity contribution in [2.75, 3.05) is 5.32 Å². The lowest BCUT2D eigenvalue weighted by Crippen LogP contribution is -2.28. The number of aromatic nitrogens is 3. The van der Waals surface area contributed by atoms with Crippen LogP contribution in [0.15, 0.2) is 52.4 Å².